The third kappa shape index (κ3) is 1.78. The van der Waals surface area contributed by atoms with E-state index in [2.05, 4.69) is 0 Å². The van der Waals surface area contributed by atoms with Gasteiger partial charge in [-0.1, -0.05) is 29.8 Å². The van der Waals surface area contributed by atoms with Gasteiger partial charge in [0.15, 0.2) is 0 Å². The summed E-state index contributed by atoms with van der Waals surface area (Å²) in [5.74, 6) is 0. The molecule has 1 unspecified atom stereocenters. The van der Waals surface area contributed by atoms with Gasteiger partial charge < -0.3 is 0 Å². The topological polar surface area (TPSA) is 34.1 Å². The fourth-order valence-corrected chi connectivity index (χ4v) is 3.49. The molecule has 14 heavy (non-hydrogen) atoms. The molecule has 5 heteroatoms. The van der Waals surface area contributed by atoms with Crippen LogP contribution in [0.1, 0.15) is 5.56 Å². The van der Waals surface area contributed by atoms with Gasteiger partial charge >= 0.3 is 0 Å². The molecule has 0 fully saturated rings. The fourth-order valence-electron chi connectivity index (χ4n) is 1.14. The first-order chi connectivity index (χ1) is 6.68. The van der Waals surface area contributed by atoms with Crippen molar-refractivity contribution in [2.24, 2.45) is 0 Å². The van der Waals surface area contributed by atoms with Crippen LogP contribution in [-0.2, 0) is 14.6 Å². The van der Waals surface area contributed by atoms with Crippen LogP contribution in [0.15, 0.2) is 29.7 Å². The van der Waals surface area contributed by atoms with Crippen LogP contribution in [0.4, 0.5) is 0 Å². The van der Waals surface area contributed by atoms with Crippen LogP contribution in [0.5, 0.6) is 0 Å². The number of carbonyl (C=O) groups excluding carboxylic acids is 1. The Morgan fingerprint density at radius 2 is 2.00 bits per heavy atom. The zero-order valence-electron chi connectivity index (χ0n) is 6.90. The third-order valence-electron chi connectivity index (χ3n) is 1.76. The Morgan fingerprint density at radius 1 is 1.29 bits per heavy atom. The minimum absolute atomic E-state index is 0.184. The summed E-state index contributed by atoms with van der Waals surface area (Å²) in [5.41, 5.74) is 1.09. The second kappa shape index (κ2) is 3.88. The van der Waals surface area contributed by atoms with Crippen LogP contribution < -0.4 is 0 Å². The number of halogens is 1. The third-order valence-corrected chi connectivity index (χ3v) is 4.28. The van der Waals surface area contributed by atoms with E-state index in [0.29, 0.717) is 16.2 Å². The summed E-state index contributed by atoms with van der Waals surface area (Å²) in [5, 5.41) is 1.76. The molecule has 1 atom stereocenters. The van der Waals surface area contributed by atoms with E-state index in [-0.39, 0.29) is 5.12 Å². The summed E-state index contributed by atoms with van der Waals surface area (Å²) < 4.78 is 11.1. The van der Waals surface area contributed by atoms with E-state index < -0.39 is 9.83 Å². The maximum atomic E-state index is 11.4. The van der Waals surface area contributed by atoms with Crippen molar-refractivity contribution in [1.82, 2.24) is 0 Å². The standard InChI is InChI=1S/C9H5ClO2S2/c10-8-4-2-1-3-6(8)7-5-14(12)13-9(7)11/h1-5H. The molecule has 1 heterocycles. The van der Waals surface area contributed by atoms with Crippen LogP contribution in [0.25, 0.3) is 5.57 Å². The molecule has 1 aromatic rings. The molecule has 0 aromatic heterocycles. The Kier molecular flexibility index (Phi) is 2.76. The Labute approximate surface area is 92.2 Å². The van der Waals surface area contributed by atoms with Crippen LogP contribution in [0.2, 0.25) is 5.02 Å². The molecule has 2 nitrogen and oxygen atoms in total. The van der Waals surface area contributed by atoms with Gasteiger partial charge in [-0.05, 0) is 6.07 Å². The SMILES string of the molecule is O=C1SS(=O)C=C1c1ccccc1Cl. The highest BCUT2D eigenvalue weighted by Crippen LogP contribution is 2.35. The number of benzene rings is 1. The normalized spacial score (nSPS) is 21.1. The quantitative estimate of drug-likeness (QED) is 0.713. The number of hydrogen-bond acceptors (Lipinski definition) is 3. The Balaban J connectivity index is 2.51. The molecule has 0 radical (unpaired) electrons. The summed E-state index contributed by atoms with van der Waals surface area (Å²) in [6.45, 7) is 0. The summed E-state index contributed by atoms with van der Waals surface area (Å²) in [7, 11) is -0.431. The van der Waals surface area contributed by atoms with E-state index in [1.54, 1.807) is 24.3 Å². The molecular formula is C9H5ClO2S2. The molecule has 0 amide bonds. The van der Waals surface area contributed by atoms with E-state index in [1.165, 1.54) is 5.41 Å². The maximum Gasteiger partial charge on any atom is 0.233 e. The highest BCUT2D eigenvalue weighted by molar-refractivity contribution is 8.77. The molecule has 1 aliphatic heterocycles. The molecule has 72 valence electrons. The largest absolute Gasteiger partial charge is 0.280 e. The molecule has 1 aromatic carbocycles. The van der Waals surface area contributed by atoms with E-state index in [4.69, 9.17) is 11.6 Å². The van der Waals surface area contributed by atoms with Crippen molar-refractivity contribution in [3.63, 3.8) is 0 Å². The van der Waals surface area contributed by atoms with Crippen LogP contribution in [0, 0.1) is 0 Å². The first-order valence-corrected chi connectivity index (χ1v) is 6.71. The van der Waals surface area contributed by atoms with Gasteiger partial charge in [-0.3, -0.25) is 4.79 Å². The Morgan fingerprint density at radius 3 is 2.57 bits per heavy atom. The van der Waals surface area contributed by atoms with Gasteiger partial charge in [0, 0.05) is 32.4 Å². The van der Waals surface area contributed by atoms with Crippen molar-refractivity contribution in [2.45, 2.75) is 0 Å². The van der Waals surface area contributed by atoms with Crippen LogP contribution in [0.3, 0.4) is 0 Å². The average molecular weight is 245 g/mol. The van der Waals surface area contributed by atoms with Crippen LogP contribution >= 0.6 is 22.4 Å². The molecule has 0 saturated heterocycles. The van der Waals surface area contributed by atoms with Gasteiger partial charge in [0.05, 0.1) is 0 Å². The van der Waals surface area contributed by atoms with Gasteiger partial charge in [-0.2, -0.15) is 0 Å². The van der Waals surface area contributed by atoms with Gasteiger partial charge in [-0.15, -0.1) is 0 Å². The van der Waals surface area contributed by atoms with Crippen molar-refractivity contribution in [2.75, 3.05) is 0 Å². The molecular weight excluding hydrogens is 240 g/mol. The molecule has 2 rings (SSSR count). The zero-order chi connectivity index (χ0) is 10.1. The molecule has 0 N–H and O–H groups in total. The van der Waals surface area contributed by atoms with Gasteiger partial charge in [-0.25, -0.2) is 4.21 Å². The minimum Gasteiger partial charge on any atom is -0.280 e. The van der Waals surface area contributed by atoms with Crippen molar-refractivity contribution < 1.29 is 9.00 Å². The van der Waals surface area contributed by atoms with Gasteiger partial charge in [0.1, 0.15) is 9.83 Å². The highest BCUT2D eigenvalue weighted by atomic mass is 35.5. The summed E-state index contributed by atoms with van der Waals surface area (Å²) in [6.07, 6.45) is 0. The number of carbonyl (C=O) groups is 1. The lowest BCUT2D eigenvalue weighted by Crippen LogP contribution is -1.91. The van der Waals surface area contributed by atoms with Gasteiger partial charge in [0.25, 0.3) is 0 Å². The molecule has 0 bridgehead atoms. The minimum atomic E-state index is -1.25. The monoisotopic (exact) mass is 244 g/mol. The fraction of sp³-hybridized carbons (Fsp3) is 0. The lowest BCUT2D eigenvalue weighted by molar-refractivity contribution is -0.106. The number of rotatable bonds is 1. The average Bonchev–Trinajstić information content (AvgIpc) is 2.46. The summed E-state index contributed by atoms with van der Waals surface area (Å²) >= 11 is 5.92. The van der Waals surface area contributed by atoms with E-state index >= 15 is 0 Å². The van der Waals surface area contributed by atoms with Crippen molar-refractivity contribution in [3.05, 3.63) is 40.3 Å². The maximum absolute atomic E-state index is 11.4. The molecule has 1 aliphatic rings. The Bertz CT molecular complexity index is 454. The Hall–Kier alpha value is -0.580. The van der Waals surface area contributed by atoms with E-state index in [0.717, 1.165) is 10.8 Å². The lowest BCUT2D eigenvalue weighted by Gasteiger charge is -2.01. The predicted molar refractivity (Wildman–Crippen MR) is 60.2 cm³/mol. The first-order valence-electron chi connectivity index (χ1n) is 3.78. The van der Waals surface area contributed by atoms with Crippen molar-refractivity contribution in [1.29, 1.82) is 0 Å². The summed E-state index contributed by atoms with van der Waals surface area (Å²) in [6, 6.07) is 7.03. The van der Waals surface area contributed by atoms with E-state index in [9.17, 15) is 9.00 Å². The highest BCUT2D eigenvalue weighted by Gasteiger charge is 2.24. The smallest absolute Gasteiger partial charge is 0.233 e. The van der Waals surface area contributed by atoms with Crippen molar-refractivity contribution in [3.8, 4) is 0 Å². The first kappa shape index (κ1) is 9.96. The summed E-state index contributed by atoms with van der Waals surface area (Å²) in [4.78, 5) is 11.4. The molecule has 0 saturated carbocycles. The van der Waals surface area contributed by atoms with E-state index in [1.807, 2.05) is 0 Å². The van der Waals surface area contributed by atoms with Crippen molar-refractivity contribution >= 4 is 42.9 Å². The second-order valence-corrected chi connectivity index (χ2v) is 5.83. The van der Waals surface area contributed by atoms with Crippen LogP contribution in [-0.4, -0.2) is 9.32 Å². The second-order valence-electron chi connectivity index (χ2n) is 2.64. The number of hydrogen-bond donors (Lipinski definition) is 0. The zero-order valence-corrected chi connectivity index (χ0v) is 9.29. The molecule has 0 aliphatic carbocycles. The predicted octanol–water partition coefficient (Wildman–Crippen LogP) is 2.62. The lowest BCUT2D eigenvalue weighted by atomic mass is 10.1. The molecule has 0 spiro atoms. The van der Waals surface area contributed by atoms with Gasteiger partial charge in [0.2, 0.25) is 5.12 Å².